The molecule has 0 aromatic carbocycles. The average molecular weight is 1160 g/mol. The number of aromatic amines is 1. The number of nitrogens with one attached hydrogen (secondary N) is 4. The Morgan fingerprint density at radius 3 is 1.55 bits per heavy atom. The Morgan fingerprint density at radius 1 is 0.560 bits per heavy atom. The molecule has 84 heavy (non-hydrogen) atoms. The topological polar surface area (TPSA) is 347 Å². The van der Waals surface area contributed by atoms with Crippen molar-refractivity contribution < 1.29 is 9.59 Å². The van der Waals surface area contributed by atoms with Crippen LogP contribution in [0.1, 0.15) is 144 Å². The highest BCUT2D eigenvalue weighted by Gasteiger charge is 2.29. The van der Waals surface area contributed by atoms with Crippen molar-refractivity contribution in [2.45, 2.75) is 184 Å². The van der Waals surface area contributed by atoms with E-state index in [0.29, 0.717) is 57.4 Å². The molecule has 3 aliphatic heterocycles. The molecular formula is C58H89N23O3. The highest BCUT2D eigenvalue weighted by Crippen LogP contribution is 2.30. The fourth-order valence-corrected chi connectivity index (χ4v) is 8.10. The first-order valence-electron chi connectivity index (χ1n) is 27.4. The lowest BCUT2D eigenvalue weighted by Gasteiger charge is -2.38. The predicted octanol–water partition coefficient (Wildman–Crippen LogP) is 7.59. The van der Waals surface area contributed by atoms with Gasteiger partial charge in [-0.3, -0.25) is 19.4 Å². The minimum absolute atomic E-state index is 0.0117. The summed E-state index contributed by atoms with van der Waals surface area (Å²) >= 11 is 0. The summed E-state index contributed by atoms with van der Waals surface area (Å²) in [6.07, 6.45) is 17.8. The van der Waals surface area contributed by atoms with Crippen LogP contribution in [0.15, 0.2) is 109 Å². The second kappa shape index (κ2) is 24.8. The van der Waals surface area contributed by atoms with Crippen molar-refractivity contribution in [3.63, 3.8) is 0 Å². The van der Waals surface area contributed by atoms with Crippen molar-refractivity contribution in [3.8, 4) is 0 Å². The Hall–Kier alpha value is -9.10. The fraction of sp³-hybridized carbons (Fsp3) is 0.483. The molecule has 1 fully saturated rings. The van der Waals surface area contributed by atoms with E-state index >= 15 is 0 Å². The molecule has 1 aliphatic carbocycles. The molecule has 0 bridgehead atoms. The van der Waals surface area contributed by atoms with Gasteiger partial charge >= 0.3 is 0 Å². The van der Waals surface area contributed by atoms with Crippen molar-refractivity contribution in [1.29, 1.82) is 0 Å². The van der Waals surface area contributed by atoms with Crippen molar-refractivity contribution in [1.82, 2.24) is 83.9 Å². The first-order valence-corrected chi connectivity index (χ1v) is 27.4. The smallest absolute Gasteiger partial charge is 0.280 e. The largest absolute Gasteiger partial charge is 0.384 e. The standard InChI is InChI=1S/C12H18N6.C10H16N2O.C9H13N5O.C9H13N5.C9H15N3.C9H14N2O/c1-12(2,3)18-6-14-8-9(15-7-4-5-7)16-11(13)17-10(8)18;1-7-6-12(10(3,4)5)8(2)11-9(7)13;1-9(2,3)14-4-11-5-6(14)12-8(10)13-7(5)15;1-9(2,3)14-5-13-6-7(10)11-4-12-8(6)14;1-7-11-8(10)5-6-12(7)9(2,3)4;1-7-10-8(12)5-6-11(7)9(2,3)4/h6-7H,4-5H2,1-3H3,(H3,13,15,16,17);6H,2H2,1,3-5H3,(H,11,13);4H,1-3H3,(H3,10,12,13,15);4-5H,1-3H3,(H2,10,11,12);5-6H,1H2,2-4H3,(H2,10,11);5-6H,1H2,2-4H3,(H,10,12). The minimum atomic E-state index is -0.305. The molecule has 6 aromatic heterocycles. The molecule has 4 aliphatic rings. The van der Waals surface area contributed by atoms with Gasteiger partial charge in [0.1, 0.15) is 35.1 Å². The van der Waals surface area contributed by atoms with E-state index in [9.17, 15) is 14.4 Å². The van der Waals surface area contributed by atoms with Gasteiger partial charge in [0.15, 0.2) is 39.6 Å². The highest BCUT2D eigenvalue weighted by molar-refractivity contribution is 5.95. The third kappa shape index (κ3) is 17.0. The quantitative estimate of drug-likeness (QED) is 0.0827. The lowest BCUT2D eigenvalue weighted by Crippen LogP contribution is -2.46. The lowest BCUT2D eigenvalue weighted by molar-refractivity contribution is -0.118. The molecule has 9 heterocycles. The van der Waals surface area contributed by atoms with Crippen LogP contribution in [0.3, 0.4) is 0 Å². The number of carbonyl (C=O) groups excluding carboxylic acids is 2. The Morgan fingerprint density at radius 2 is 1.05 bits per heavy atom. The van der Waals surface area contributed by atoms with E-state index in [1.54, 1.807) is 38.2 Å². The van der Waals surface area contributed by atoms with Crippen LogP contribution in [0.5, 0.6) is 0 Å². The van der Waals surface area contributed by atoms with Gasteiger partial charge in [0.05, 0.1) is 19.0 Å². The van der Waals surface area contributed by atoms with Crippen LogP contribution in [0.2, 0.25) is 0 Å². The van der Waals surface area contributed by atoms with E-state index in [2.05, 4.69) is 189 Å². The summed E-state index contributed by atoms with van der Waals surface area (Å²) in [6.45, 7) is 50.5. The number of H-pyrrole nitrogens is 1. The third-order valence-corrected chi connectivity index (χ3v) is 12.5. The molecule has 0 unspecified atom stereocenters. The molecule has 6 aromatic rings. The number of imidazole rings is 3. The van der Waals surface area contributed by atoms with Crippen molar-refractivity contribution in [3.05, 3.63) is 109 Å². The number of hydrogen-bond acceptors (Lipinski definition) is 20. The monoisotopic (exact) mass is 1160 g/mol. The molecule has 0 radical (unpaired) electrons. The maximum Gasteiger partial charge on any atom is 0.280 e. The molecule has 12 N–H and O–H groups in total. The van der Waals surface area contributed by atoms with Crippen LogP contribution in [0.4, 0.5) is 23.5 Å². The Labute approximate surface area is 492 Å². The number of nitrogens with zero attached hydrogens (tertiary/aromatic N) is 15. The molecule has 0 atom stereocenters. The number of fused-ring (bicyclic) bond motifs is 3. The van der Waals surface area contributed by atoms with Crippen LogP contribution >= 0.6 is 0 Å². The van der Waals surface area contributed by atoms with Gasteiger partial charge in [-0.2, -0.15) is 15.0 Å². The molecule has 10 rings (SSSR count). The van der Waals surface area contributed by atoms with E-state index in [1.807, 2.05) is 61.6 Å². The molecular weight excluding hydrogens is 1070 g/mol. The number of amidine groups is 1. The number of rotatable bonds is 2. The highest BCUT2D eigenvalue weighted by atomic mass is 16.2. The SMILES string of the molecule is C=C1N=C(N)C=CN1C(C)(C)C.C=C1NC(=O)C(C)=CN1C(C)(C)C.C=C1NC(=O)C=CN1C(C)(C)C.CC(C)(C)n1cnc2c(=O)[nH]c(N)nc21.CC(C)(C)n1cnc2c(N)ncnc21.CC(C)(C)n1cnc2c(NC3CC3)nc(N)nc21. The molecule has 0 spiro atoms. The number of anilines is 4. The molecule has 454 valence electrons. The summed E-state index contributed by atoms with van der Waals surface area (Å²) in [4.78, 5) is 79.3. The second-order valence-electron chi connectivity index (χ2n) is 26.3. The number of aliphatic imine (C=N–C) groups is 1. The zero-order chi connectivity index (χ0) is 63.4. The van der Waals surface area contributed by atoms with E-state index in [0.717, 1.165) is 22.6 Å². The maximum atomic E-state index is 11.5. The first-order chi connectivity index (χ1) is 38.5. The average Bonchev–Trinajstić information content (AvgIpc) is 3.91. The number of aromatic nitrogens is 12. The Kier molecular flexibility index (Phi) is 19.4. The van der Waals surface area contributed by atoms with Gasteiger partial charge in [-0.05, 0) is 150 Å². The number of amides is 2. The zero-order valence-electron chi connectivity index (χ0n) is 52.6. The van der Waals surface area contributed by atoms with Gasteiger partial charge in [0, 0.05) is 69.5 Å². The van der Waals surface area contributed by atoms with Crippen molar-refractivity contribution in [2.75, 3.05) is 22.5 Å². The number of hydrogen-bond donors (Lipinski definition) is 8. The van der Waals surface area contributed by atoms with E-state index < -0.39 is 0 Å². The minimum Gasteiger partial charge on any atom is -0.384 e. The zero-order valence-corrected chi connectivity index (χ0v) is 52.6. The normalized spacial score (nSPS) is 15.7. The van der Waals surface area contributed by atoms with Gasteiger partial charge in [0.2, 0.25) is 11.9 Å². The van der Waals surface area contributed by atoms with E-state index in [1.165, 1.54) is 25.2 Å². The van der Waals surface area contributed by atoms with Crippen LogP contribution in [0.25, 0.3) is 33.5 Å². The van der Waals surface area contributed by atoms with Crippen LogP contribution in [-0.2, 0) is 26.2 Å². The first kappa shape index (κ1) is 65.7. The van der Waals surface area contributed by atoms with E-state index in [-0.39, 0.29) is 62.5 Å². The lowest BCUT2D eigenvalue weighted by atomic mass is 10.1. The molecule has 2 amide bonds. The van der Waals surface area contributed by atoms with Gasteiger partial charge in [-0.15, -0.1) is 0 Å². The Balaban J connectivity index is 0.000000186. The van der Waals surface area contributed by atoms with Crippen LogP contribution in [-0.4, -0.2) is 114 Å². The predicted molar refractivity (Wildman–Crippen MR) is 336 cm³/mol. The number of carbonyl (C=O) groups is 2. The van der Waals surface area contributed by atoms with Crippen LogP contribution in [0, 0.1) is 0 Å². The van der Waals surface area contributed by atoms with Crippen molar-refractivity contribution in [2.24, 2.45) is 10.7 Å². The summed E-state index contributed by atoms with van der Waals surface area (Å²) in [5, 5.41) is 8.71. The summed E-state index contributed by atoms with van der Waals surface area (Å²) in [6, 6.07) is 0.516. The summed E-state index contributed by atoms with van der Waals surface area (Å²) in [5.41, 5.74) is 26.4. The van der Waals surface area contributed by atoms with Gasteiger partial charge < -0.3 is 67.3 Å². The van der Waals surface area contributed by atoms with E-state index in [4.69, 9.17) is 22.9 Å². The maximum absolute atomic E-state index is 11.5. The summed E-state index contributed by atoms with van der Waals surface area (Å²) < 4.78 is 5.84. The molecule has 1 saturated carbocycles. The summed E-state index contributed by atoms with van der Waals surface area (Å²) in [5.74, 6) is 3.89. The molecule has 0 saturated heterocycles. The van der Waals surface area contributed by atoms with Crippen LogP contribution < -0.4 is 44.4 Å². The number of nitrogens with two attached hydrogens (primary N) is 4. The third-order valence-electron chi connectivity index (χ3n) is 12.5. The van der Waals surface area contributed by atoms with Gasteiger partial charge in [-0.25, -0.2) is 29.9 Å². The summed E-state index contributed by atoms with van der Waals surface area (Å²) in [7, 11) is 0. The van der Waals surface area contributed by atoms with Gasteiger partial charge in [0.25, 0.3) is 17.4 Å². The molecule has 26 heteroatoms. The Bertz CT molecular complexity index is 3600. The van der Waals surface area contributed by atoms with Crippen molar-refractivity contribution >= 4 is 74.7 Å². The number of nitrogen functional groups attached to an aromatic ring is 3. The second-order valence-corrected chi connectivity index (χ2v) is 26.3. The fourth-order valence-electron chi connectivity index (χ4n) is 8.10. The molecule has 26 nitrogen and oxygen atoms in total. The van der Waals surface area contributed by atoms with Gasteiger partial charge in [-0.1, -0.05) is 19.7 Å².